The number of halogens is 1. The number of rotatable bonds is 8. The minimum atomic E-state index is 0. The SMILES string of the molecule is CCNC(=NCC(C)N1CCOCC1)NCCCc1nc2c(s1)CCCC2.I. The Bertz CT molecular complexity index is 580. The summed E-state index contributed by atoms with van der Waals surface area (Å²) in [4.78, 5) is 13.6. The van der Waals surface area contributed by atoms with Crippen LogP contribution in [0.4, 0.5) is 0 Å². The zero-order valence-corrected chi connectivity index (χ0v) is 20.5. The van der Waals surface area contributed by atoms with E-state index >= 15 is 0 Å². The molecule has 2 aliphatic rings. The van der Waals surface area contributed by atoms with Crippen molar-refractivity contribution in [3.05, 3.63) is 15.6 Å². The molecule has 0 spiro atoms. The largest absolute Gasteiger partial charge is 0.379 e. The number of hydrogen-bond acceptors (Lipinski definition) is 5. The maximum absolute atomic E-state index is 5.44. The highest BCUT2D eigenvalue weighted by atomic mass is 127. The third-order valence-electron chi connectivity index (χ3n) is 5.28. The van der Waals surface area contributed by atoms with E-state index in [1.165, 1.54) is 41.3 Å². The molecule has 1 aliphatic heterocycles. The summed E-state index contributed by atoms with van der Waals surface area (Å²) in [6, 6.07) is 0.450. The molecule has 1 saturated heterocycles. The minimum absolute atomic E-state index is 0. The fourth-order valence-electron chi connectivity index (χ4n) is 3.66. The molecule has 6 nitrogen and oxygen atoms in total. The first-order valence-electron chi connectivity index (χ1n) is 10.6. The number of thiazole rings is 1. The highest BCUT2D eigenvalue weighted by Gasteiger charge is 2.17. The lowest BCUT2D eigenvalue weighted by atomic mass is 10.0. The topological polar surface area (TPSA) is 61.8 Å². The van der Waals surface area contributed by atoms with E-state index in [-0.39, 0.29) is 24.0 Å². The number of nitrogens with zero attached hydrogens (tertiary/aromatic N) is 3. The molecule has 1 fully saturated rings. The second-order valence-corrected chi connectivity index (χ2v) is 8.60. The van der Waals surface area contributed by atoms with Crippen molar-refractivity contribution in [1.82, 2.24) is 20.5 Å². The average Bonchev–Trinajstić information content (AvgIpc) is 3.12. The molecule has 1 aromatic heterocycles. The summed E-state index contributed by atoms with van der Waals surface area (Å²) in [5, 5.41) is 8.16. The number of fused-ring (bicyclic) bond motifs is 1. The number of aromatic nitrogens is 1. The first kappa shape index (κ1) is 23.8. The van der Waals surface area contributed by atoms with Crippen molar-refractivity contribution in [3.8, 4) is 0 Å². The lowest BCUT2D eigenvalue weighted by Crippen LogP contribution is -2.44. The van der Waals surface area contributed by atoms with Gasteiger partial charge in [0.15, 0.2) is 5.96 Å². The standard InChI is InChI=1S/C20H35N5OS.HI/c1-3-21-20(23-15-16(2)25-11-13-26-14-12-25)22-10-6-9-19-24-17-7-4-5-8-18(17)27-19;/h16H,3-15H2,1-2H3,(H2,21,22,23);1H. The lowest BCUT2D eigenvalue weighted by molar-refractivity contribution is 0.0220. The summed E-state index contributed by atoms with van der Waals surface area (Å²) in [7, 11) is 0. The molecule has 0 amide bonds. The van der Waals surface area contributed by atoms with E-state index < -0.39 is 0 Å². The van der Waals surface area contributed by atoms with E-state index in [1.807, 2.05) is 11.3 Å². The van der Waals surface area contributed by atoms with Crippen LogP contribution in [0.25, 0.3) is 0 Å². The highest BCUT2D eigenvalue weighted by molar-refractivity contribution is 14.0. The van der Waals surface area contributed by atoms with Gasteiger partial charge in [0.05, 0.1) is 30.5 Å². The summed E-state index contributed by atoms with van der Waals surface area (Å²) < 4.78 is 5.44. The Morgan fingerprint density at radius 1 is 1.25 bits per heavy atom. The molecule has 0 saturated carbocycles. The first-order valence-corrected chi connectivity index (χ1v) is 11.4. The van der Waals surface area contributed by atoms with Gasteiger partial charge in [-0.2, -0.15) is 0 Å². The second kappa shape index (κ2) is 13.0. The molecule has 2 N–H and O–H groups in total. The van der Waals surface area contributed by atoms with E-state index in [2.05, 4.69) is 29.4 Å². The van der Waals surface area contributed by atoms with E-state index in [0.29, 0.717) is 6.04 Å². The molecule has 3 rings (SSSR count). The van der Waals surface area contributed by atoms with Gasteiger partial charge in [-0.15, -0.1) is 35.3 Å². The van der Waals surface area contributed by atoms with Crippen molar-refractivity contribution in [2.45, 2.75) is 58.4 Å². The van der Waals surface area contributed by atoms with Gasteiger partial charge in [0.2, 0.25) is 0 Å². The summed E-state index contributed by atoms with van der Waals surface area (Å²) in [5.41, 5.74) is 1.38. The highest BCUT2D eigenvalue weighted by Crippen LogP contribution is 2.27. The number of aryl methyl sites for hydroxylation is 3. The molecule has 28 heavy (non-hydrogen) atoms. The Labute approximate surface area is 190 Å². The minimum Gasteiger partial charge on any atom is -0.379 e. The molecule has 1 atom stereocenters. The van der Waals surface area contributed by atoms with Crippen LogP contribution in [0.5, 0.6) is 0 Å². The molecule has 2 heterocycles. The predicted octanol–water partition coefficient (Wildman–Crippen LogP) is 2.85. The third kappa shape index (κ3) is 7.42. The summed E-state index contributed by atoms with van der Waals surface area (Å²) in [5.74, 6) is 0.927. The summed E-state index contributed by atoms with van der Waals surface area (Å²) >= 11 is 1.93. The summed E-state index contributed by atoms with van der Waals surface area (Å²) in [6.07, 6.45) is 7.22. The van der Waals surface area contributed by atoms with Gasteiger partial charge in [0.25, 0.3) is 0 Å². The first-order chi connectivity index (χ1) is 13.3. The van der Waals surface area contributed by atoms with Crippen molar-refractivity contribution >= 4 is 41.3 Å². The number of hydrogen-bond donors (Lipinski definition) is 2. The van der Waals surface area contributed by atoms with Crippen LogP contribution in [-0.2, 0) is 24.0 Å². The van der Waals surface area contributed by atoms with Gasteiger partial charge >= 0.3 is 0 Å². The number of aliphatic imine (C=N–C) groups is 1. The van der Waals surface area contributed by atoms with Crippen LogP contribution in [0.1, 0.15) is 48.7 Å². The molecule has 1 aliphatic carbocycles. The number of guanidine groups is 1. The number of morpholine rings is 1. The van der Waals surface area contributed by atoms with Crippen LogP contribution in [-0.4, -0.2) is 67.8 Å². The Hall–Kier alpha value is -0.450. The van der Waals surface area contributed by atoms with Crippen LogP contribution >= 0.6 is 35.3 Å². The Balaban J connectivity index is 0.00000280. The second-order valence-electron chi connectivity index (χ2n) is 7.43. The normalized spacial score (nSPS) is 18.9. The maximum atomic E-state index is 5.44. The molecular weight excluding hydrogens is 485 g/mol. The monoisotopic (exact) mass is 521 g/mol. The van der Waals surface area contributed by atoms with Gasteiger partial charge in [-0.25, -0.2) is 4.98 Å². The van der Waals surface area contributed by atoms with Gasteiger partial charge in [0.1, 0.15) is 0 Å². The van der Waals surface area contributed by atoms with Crippen LogP contribution < -0.4 is 10.6 Å². The van der Waals surface area contributed by atoms with Gasteiger partial charge in [-0.3, -0.25) is 9.89 Å². The number of ether oxygens (including phenoxy) is 1. The third-order valence-corrected chi connectivity index (χ3v) is 6.49. The molecule has 1 aromatic rings. The van der Waals surface area contributed by atoms with E-state index in [9.17, 15) is 0 Å². The molecular formula is C20H36IN5OS. The van der Waals surface area contributed by atoms with Crippen molar-refractivity contribution in [2.75, 3.05) is 45.9 Å². The predicted molar refractivity (Wildman–Crippen MR) is 128 cm³/mol. The van der Waals surface area contributed by atoms with Crippen molar-refractivity contribution in [3.63, 3.8) is 0 Å². The van der Waals surface area contributed by atoms with Gasteiger partial charge in [0, 0.05) is 43.5 Å². The maximum Gasteiger partial charge on any atom is 0.191 e. The molecule has 160 valence electrons. The molecule has 8 heteroatoms. The van der Waals surface area contributed by atoms with Gasteiger partial charge in [-0.1, -0.05) is 0 Å². The zero-order chi connectivity index (χ0) is 18.9. The molecule has 0 radical (unpaired) electrons. The molecule has 1 unspecified atom stereocenters. The van der Waals surface area contributed by atoms with E-state index in [1.54, 1.807) is 0 Å². The summed E-state index contributed by atoms with van der Waals surface area (Å²) in [6.45, 7) is 10.7. The average molecular weight is 522 g/mol. The van der Waals surface area contributed by atoms with Crippen molar-refractivity contribution in [1.29, 1.82) is 0 Å². The molecule has 0 aromatic carbocycles. The molecule has 0 bridgehead atoms. The van der Waals surface area contributed by atoms with Crippen LogP contribution in [0.2, 0.25) is 0 Å². The van der Waals surface area contributed by atoms with Gasteiger partial charge < -0.3 is 15.4 Å². The van der Waals surface area contributed by atoms with Crippen molar-refractivity contribution in [2.24, 2.45) is 4.99 Å². The van der Waals surface area contributed by atoms with Crippen LogP contribution in [0, 0.1) is 0 Å². The van der Waals surface area contributed by atoms with E-state index in [4.69, 9.17) is 14.7 Å². The Morgan fingerprint density at radius 2 is 2.04 bits per heavy atom. The number of nitrogens with one attached hydrogen (secondary N) is 2. The van der Waals surface area contributed by atoms with Gasteiger partial charge in [-0.05, 0) is 46.0 Å². The van der Waals surface area contributed by atoms with Crippen LogP contribution in [0.3, 0.4) is 0 Å². The lowest BCUT2D eigenvalue weighted by Gasteiger charge is -2.31. The zero-order valence-electron chi connectivity index (χ0n) is 17.3. The van der Waals surface area contributed by atoms with Crippen molar-refractivity contribution < 1.29 is 4.74 Å². The van der Waals surface area contributed by atoms with E-state index in [0.717, 1.165) is 64.7 Å². The quantitative estimate of drug-likeness (QED) is 0.239. The fourth-order valence-corrected chi connectivity index (χ4v) is 4.86. The fraction of sp³-hybridized carbons (Fsp3) is 0.800. The smallest absolute Gasteiger partial charge is 0.191 e. The Kier molecular flexibility index (Phi) is 11.0. The Morgan fingerprint density at radius 3 is 2.79 bits per heavy atom. The van der Waals surface area contributed by atoms with Crippen LogP contribution in [0.15, 0.2) is 4.99 Å².